The zero-order valence-electron chi connectivity index (χ0n) is 19.0. The molecule has 0 aliphatic rings. The van der Waals surface area contributed by atoms with E-state index in [0.717, 1.165) is 0 Å². The number of halogens is 1. The van der Waals surface area contributed by atoms with Gasteiger partial charge in [-0.2, -0.15) is 5.26 Å². The highest BCUT2D eigenvalue weighted by Crippen LogP contribution is 2.30. The Labute approximate surface area is 198 Å². The Balaban J connectivity index is 1.75. The molecule has 1 N–H and O–H groups in total. The summed E-state index contributed by atoms with van der Waals surface area (Å²) in [6, 6.07) is 20.2. The minimum atomic E-state index is -0.538. The largest absolute Gasteiger partial charge is 0.494 e. The summed E-state index contributed by atoms with van der Waals surface area (Å²) in [7, 11) is 0. The summed E-state index contributed by atoms with van der Waals surface area (Å²) < 4.78 is 30.7. The smallest absolute Gasteiger partial charge is 0.266 e. The number of ether oxygens (including phenoxy) is 3. The molecule has 0 atom stereocenters. The number of nitrogens with one attached hydrogen (secondary N) is 1. The Morgan fingerprint density at radius 1 is 0.971 bits per heavy atom. The third-order valence-corrected chi connectivity index (χ3v) is 4.71. The number of carbonyl (C=O) groups excluding carboxylic acids is 1. The van der Waals surface area contributed by atoms with Gasteiger partial charge < -0.3 is 19.5 Å². The maximum absolute atomic E-state index is 13.9. The maximum atomic E-state index is 13.9. The predicted molar refractivity (Wildman–Crippen MR) is 128 cm³/mol. The second-order valence-corrected chi connectivity index (χ2v) is 7.10. The summed E-state index contributed by atoms with van der Waals surface area (Å²) in [4.78, 5) is 12.6. The van der Waals surface area contributed by atoms with E-state index in [2.05, 4.69) is 5.32 Å². The van der Waals surface area contributed by atoms with Gasteiger partial charge in [-0.1, -0.05) is 24.3 Å². The molecule has 0 aliphatic carbocycles. The third kappa shape index (κ3) is 6.59. The normalized spacial score (nSPS) is 10.8. The SMILES string of the molecule is CCOc1ccc(NC(=O)/C(C#N)=C\c2ccc(OCc3ccccc3F)c(OCC)c2)cc1. The van der Waals surface area contributed by atoms with Crippen LogP contribution in [0.15, 0.2) is 72.3 Å². The molecule has 6 nitrogen and oxygen atoms in total. The van der Waals surface area contributed by atoms with Gasteiger partial charge in [-0.05, 0) is 68.0 Å². The standard InChI is InChI=1S/C27H25FN2O4/c1-3-32-23-12-10-22(11-13-23)30-27(31)21(17-29)15-19-9-14-25(26(16-19)33-4-2)34-18-20-7-5-6-8-24(20)28/h5-16H,3-4,18H2,1-2H3,(H,30,31)/b21-15-. The zero-order valence-corrected chi connectivity index (χ0v) is 19.0. The molecule has 0 aliphatic heterocycles. The number of nitriles is 1. The van der Waals surface area contributed by atoms with Crippen LogP contribution >= 0.6 is 0 Å². The molecule has 0 spiro atoms. The lowest BCUT2D eigenvalue weighted by Crippen LogP contribution is -2.13. The van der Waals surface area contributed by atoms with Crippen LogP contribution < -0.4 is 19.5 Å². The average molecular weight is 461 g/mol. The van der Waals surface area contributed by atoms with Crippen molar-refractivity contribution in [3.63, 3.8) is 0 Å². The molecule has 3 aromatic carbocycles. The van der Waals surface area contributed by atoms with Gasteiger partial charge in [0, 0.05) is 11.3 Å². The molecule has 3 aromatic rings. The van der Waals surface area contributed by atoms with E-state index < -0.39 is 5.91 Å². The molecule has 1 amide bonds. The zero-order chi connectivity index (χ0) is 24.3. The topological polar surface area (TPSA) is 80.6 Å². The predicted octanol–water partition coefficient (Wildman–Crippen LogP) is 5.75. The van der Waals surface area contributed by atoms with Crippen molar-refractivity contribution in [2.75, 3.05) is 18.5 Å². The lowest BCUT2D eigenvalue weighted by molar-refractivity contribution is -0.112. The second kappa shape index (κ2) is 12.1. The number of nitrogens with zero attached hydrogens (tertiary/aromatic N) is 1. The van der Waals surface area contributed by atoms with Gasteiger partial charge >= 0.3 is 0 Å². The van der Waals surface area contributed by atoms with Crippen LogP contribution in [0.4, 0.5) is 10.1 Å². The van der Waals surface area contributed by atoms with Crippen LogP contribution in [0.2, 0.25) is 0 Å². The molecule has 0 fully saturated rings. The Morgan fingerprint density at radius 2 is 1.71 bits per heavy atom. The van der Waals surface area contributed by atoms with Crippen molar-refractivity contribution in [2.24, 2.45) is 0 Å². The first kappa shape index (κ1) is 24.3. The number of benzene rings is 3. The lowest BCUT2D eigenvalue weighted by atomic mass is 10.1. The minimum absolute atomic E-state index is 0.0376. The highest BCUT2D eigenvalue weighted by Gasteiger charge is 2.12. The fraction of sp³-hybridized carbons (Fsp3) is 0.185. The molecular formula is C27H25FN2O4. The highest BCUT2D eigenvalue weighted by atomic mass is 19.1. The monoisotopic (exact) mass is 460 g/mol. The van der Waals surface area contributed by atoms with E-state index in [4.69, 9.17) is 14.2 Å². The number of carbonyl (C=O) groups is 1. The summed E-state index contributed by atoms with van der Waals surface area (Å²) in [5.74, 6) is 0.662. The number of hydrogen-bond donors (Lipinski definition) is 1. The van der Waals surface area contributed by atoms with E-state index >= 15 is 0 Å². The first-order valence-corrected chi connectivity index (χ1v) is 10.8. The Morgan fingerprint density at radius 3 is 2.38 bits per heavy atom. The molecule has 0 saturated carbocycles. The quantitative estimate of drug-likeness (QED) is 0.308. The molecule has 0 unspecified atom stereocenters. The van der Waals surface area contributed by atoms with Gasteiger partial charge in [0.05, 0.1) is 13.2 Å². The van der Waals surface area contributed by atoms with E-state index in [-0.39, 0.29) is 18.0 Å². The molecule has 0 aromatic heterocycles. The van der Waals surface area contributed by atoms with Gasteiger partial charge in [0.1, 0.15) is 29.8 Å². The van der Waals surface area contributed by atoms with Gasteiger partial charge in [0.2, 0.25) is 0 Å². The second-order valence-electron chi connectivity index (χ2n) is 7.10. The molecule has 174 valence electrons. The van der Waals surface area contributed by atoms with Crippen molar-refractivity contribution < 1.29 is 23.4 Å². The van der Waals surface area contributed by atoms with Gasteiger partial charge in [-0.3, -0.25) is 4.79 Å². The van der Waals surface area contributed by atoms with Crippen LogP contribution in [-0.2, 0) is 11.4 Å². The van der Waals surface area contributed by atoms with Crippen molar-refractivity contribution in [2.45, 2.75) is 20.5 Å². The van der Waals surface area contributed by atoms with E-state index in [9.17, 15) is 14.4 Å². The van der Waals surface area contributed by atoms with Gasteiger partial charge in [-0.15, -0.1) is 0 Å². The van der Waals surface area contributed by atoms with Gasteiger partial charge in [0.25, 0.3) is 5.91 Å². The molecule has 3 rings (SSSR count). The molecular weight excluding hydrogens is 435 g/mol. The molecule has 0 saturated heterocycles. The summed E-state index contributed by atoms with van der Waals surface area (Å²) >= 11 is 0. The maximum Gasteiger partial charge on any atom is 0.266 e. The average Bonchev–Trinajstić information content (AvgIpc) is 2.84. The van der Waals surface area contributed by atoms with Crippen molar-refractivity contribution >= 4 is 17.7 Å². The Kier molecular flexibility index (Phi) is 8.64. The van der Waals surface area contributed by atoms with Crippen molar-refractivity contribution in [1.29, 1.82) is 5.26 Å². The van der Waals surface area contributed by atoms with E-state index in [1.165, 1.54) is 12.1 Å². The molecule has 0 heterocycles. The van der Waals surface area contributed by atoms with Gasteiger partial charge in [0.15, 0.2) is 11.5 Å². The summed E-state index contributed by atoms with van der Waals surface area (Å²) in [6.07, 6.45) is 1.47. The molecule has 0 bridgehead atoms. The van der Waals surface area contributed by atoms with Crippen molar-refractivity contribution in [1.82, 2.24) is 0 Å². The molecule has 34 heavy (non-hydrogen) atoms. The first-order valence-electron chi connectivity index (χ1n) is 10.8. The Hall–Kier alpha value is -4.31. The van der Waals surface area contributed by atoms with E-state index in [0.29, 0.717) is 47.3 Å². The lowest BCUT2D eigenvalue weighted by Gasteiger charge is -2.13. The number of anilines is 1. The van der Waals surface area contributed by atoms with Crippen LogP contribution in [0.5, 0.6) is 17.2 Å². The number of amides is 1. The van der Waals surface area contributed by atoms with Crippen LogP contribution in [0.3, 0.4) is 0 Å². The summed E-state index contributed by atoms with van der Waals surface area (Å²) in [5, 5.41) is 12.2. The first-order chi connectivity index (χ1) is 16.5. The molecule has 7 heteroatoms. The molecule has 0 radical (unpaired) electrons. The summed E-state index contributed by atoms with van der Waals surface area (Å²) in [5.41, 5.74) is 1.48. The highest BCUT2D eigenvalue weighted by molar-refractivity contribution is 6.09. The van der Waals surface area contributed by atoms with Gasteiger partial charge in [-0.25, -0.2) is 4.39 Å². The fourth-order valence-corrected chi connectivity index (χ4v) is 3.09. The van der Waals surface area contributed by atoms with Crippen molar-refractivity contribution in [3.8, 4) is 23.3 Å². The van der Waals surface area contributed by atoms with Crippen LogP contribution in [0.1, 0.15) is 25.0 Å². The third-order valence-electron chi connectivity index (χ3n) is 4.71. The minimum Gasteiger partial charge on any atom is -0.494 e. The summed E-state index contributed by atoms with van der Waals surface area (Å²) in [6.45, 7) is 4.68. The van der Waals surface area contributed by atoms with Crippen molar-refractivity contribution in [3.05, 3.63) is 89.2 Å². The number of rotatable bonds is 10. The number of hydrogen-bond acceptors (Lipinski definition) is 5. The van der Waals surface area contributed by atoms with E-state index in [1.54, 1.807) is 60.7 Å². The van der Waals surface area contributed by atoms with E-state index in [1.807, 2.05) is 19.9 Å². The van der Waals surface area contributed by atoms with Crippen LogP contribution in [0, 0.1) is 17.1 Å². The van der Waals surface area contributed by atoms with Crippen LogP contribution in [-0.4, -0.2) is 19.1 Å². The fourth-order valence-electron chi connectivity index (χ4n) is 3.09. The Bertz CT molecular complexity index is 1200. The van der Waals surface area contributed by atoms with Crippen LogP contribution in [0.25, 0.3) is 6.08 Å².